The topological polar surface area (TPSA) is 37.0 Å². The number of benzene rings is 2. The Balaban J connectivity index is 1.84. The van der Waals surface area contributed by atoms with Crippen LogP contribution in [0.25, 0.3) is 10.9 Å². The average Bonchev–Trinajstić information content (AvgIpc) is 2.94. The number of rotatable bonds is 4. The Morgan fingerprint density at radius 1 is 1.15 bits per heavy atom. The number of H-pyrrole nitrogens is 1. The standard InChI is InChI=1S/C17H18N2O/c1-12-6-7-16(17(10-12)20-2)19-11-13-4-3-5-15-14(13)8-9-18-15/h3-10,18-19H,11H2,1-2H3. The second kappa shape index (κ2) is 5.29. The van der Waals surface area contributed by atoms with Crippen molar-refractivity contribution in [3.8, 4) is 5.75 Å². The van der Waals surface area contributed by atoms with Crippen molar-refractivity contribution < 1.29 is 4.74 Å². The van der Waals surface area contributed by atoms with Gasteiger partial charge in [-0.1, -0.05) is 18.2 Å². The molecular formula is C17H18N2O. The van der Waals surface area contributed by atoms with Gasteiger partial charge in [0.15, 0.2) is 0 Å². The number of methoxy groups -OCH3 is 1. The smallest absolute Gasteiger partial charge is 0.142 e. The van der Waals surface area contributed by atoms with E-state index in [0.717, 1.165) is 18.0 Å². The number of ether oxygens (including phenoxy) is 1. The Labute approximate surface area is 118 Å². The maximum atomic E-state index is 5.42. The van der Waals surface area contributed by atoms with Crippen LogP contribution in [0.1, 0.15) is 11.1 Å². The molecule has 0 atom stereocenters. The zero-order valence-corrected chi connectivity index (χ0v) is 11.7. The average molecular weight is 266 g/mol. The van der Waals surface area contributed by atoms with Gasteiger partial charge in [-0.3, -0.25) is 0 Å². The molecule has 1 heterocycles. The molecule has 0 aliphatic carbocycles. The van der Waals surface area contributed by atoms with Crippen molar-refractivity contribution >= 4 is 16.6 Å². The van der Waals surface area contributed by atoms with Gasteiger partial charge in [-0.15, -0.1) is 0 Å². The molecule has 3 aromatic rings. The third-order valence-corrected chi connectivity index (χ3v) is 3.51. The third-order valence-electron chi connectivity index (χ3n) is 3.51. The van der Waals surface area contributed by atoms with Crippen LogP contribution < -0.4 is 10.1 Å². The normalized spacial score (nSPS) is 10.7. The summed E-state index contributed by atoms with van der Waals surface area (Å²) in [5.41, 5.74) is 4.65. The summed E-state index contributed by atoms with van der Waals surface area (Å²) in [6, 6.07) is 14.6. The van der Waals surface area contributed by atoms with Crippen LogP contribution in [0.15, 0.2) is 48.7 Å². The summed E-state index contributed by atoms with van der Waals surface area (Å²) < 4.78 is 5.42. The van der Waals surface area contributed by atoms with Crippen LogP contribution in [-0.2, 0) is 6.54 Å². The SMILES string of the molecule is COc1cc(C)ccc1NCc1cccc2[nH]ccc12. The molecule has 2 N–H and O–H groups in total. The highest BCUT2D eigenvalue weighted by molar-refractivity contribution is 5.83. The van der Waals surface area contributed by atoms with E-state index in [2.05, 4.69) is 53.6 Å². The Kier molecular flexibility index (Phi) is 3.33. The van der Waals surface area contributed by atoms with E-state index in [-0.39, 0.29) is 0 Å². The molecule has 0 saturated carbocycles. The lowest BCUT2D eigenvalue weighted by atomic mass is 10.1. The fourth-order valence-corrected chi connectivity index (χ4v) is 2.44. The number of aromatic amines is 1. The number of nitrogens with one attached hydrogen (secondary N) is 2. The minimum atomic E-state index is 0.772. The Morgan fingerprint density at radius 3 is 2.90 bits per heavy atom. The molecule has 102 valence electrons. The molecule has 0 radical (unpaired) electrons. The van der Waals surface area contributed by atoms with Crippen LogP contribution in [0.5, 0.6) is 5.75 Å². The van der Waals surface area contributed by atoms with E-state index in [9.17, 15) is 0 Å². The summed E-state index contributed by atoms with van der Waals surface area (Å²) in [7, 11) is 1.70. The quantitative estimate of drug-likeness (QED) is 0.746. The molecule has 20 heavy (non-hydrogen) atoms. The Bertz CT molecular complexity index is 731. The minimum Gasteiger partial charge on any atom is -0.495 e. The predicted octanol–water partition coefficient (Wildman–Crippen LogP) is 4.10. The number of fused-ring (bicyclic) bond motifs is 1. The van der Waals surface area contributed by atoms with Crippen molar-refractivity contribution in [3.05, 3.63) is 59.8 Å². The number of anilines is 1. The Hall–Kier alpha value is -2.42. The van der Waals surface area contributed by atoms with E-state index in [1.54, 1.807) is 7.11 Å². The highest BCUT2D eigenvalue weighted by Crippen LogP contribution is 2.26. The molecule has 0 spiro atoms. The van der Waals surface area contributed by atoms with Crippen LogP contribution in [0.3, 0.4) is 0 Å². The first-order valence-electron chi connectivity index (χ1n) is 6.71. The van der Waals surface area contributed by atoms with Crippen LogP contribution >= 0.6 is 0 Å². The van der Waals surface area contributed by atoms with Crippen molar-refractivity contribution in [2.45, 2.75) is 13.5 Å². The molecule has 0 saturated heterocycles. The minimum absolute atomic E-state index is 0.772. The molecule has 2 aromatic carbocycles. The van der Waals surface area contributed by atoms with Crippen molar-refractivity contribution in [1.82, 2.24) is 4.98 Å². The van der Waals surface area contributed by atoms with Crippen molar-refractivity contribution in [2.24, 2.45) is 0 Å². The summed E-state index contributed by atoms with van der Waals surface area (Å²) in [5.74, 6) is 0.881. The van der Waals surface area contributed by atoms with Gasteiger partial charge in [-0.2, -0.15) is 0 Å². The van der Waals surface area contributed by atoms with Crippen LogP contribution in [0, 0.1) is 6.92 Å². The van der Waals surface area contributed by atoms with Crippen LogP contribution in [0.4, 0.5) is 5.69 Å². The van der Waals surface area contributed by atoms with E-state index in [1.807, 2.05) is 12.3 Å². The monoisotopic (exact) mass is 266 g/mol. The largest absolute Gasteiger partial charge is 0.495 e. The predicted molar refractivity (Wildman–Crippen MR) is 83.4 cm³/mol. The summed E-state index contributed by atoms with van der Waals surface area (Å²) in [6.07, 6.45) is 1.97. The van der Waals surface area contributed by atoms with E-state index in [4.69, 9.17) is 4.74 Å². The summed E-state index contributed by atoms with van der Waals surface area (Å²) in [6.45, 7) is 2.83. The molecule has 0 bridgehead atoms. The maximum Gasteiger partial charge on any atom is 0.142 e. The number of hydrogen-bond donors (Lipinski definition) is 2. The van der Waals surface area contributed by atoms with Crippen molar-refractivity contribution in [1.29, 1.82) is 0 Å². The lowest BCUT2D eigenvalue weighted by Crippen LogP contribution is -2.01. The lowest BCUT2D eigenvalue weighted by molar-refractivity contribution is 0.416. The molecule has 0 aliphatic heterocycles. The van der Waals surface area contributed by atoms with E-state index in [1.165, 1.54) is 22.0 Å². The maximum absolute atomic E-state index is 5.42. The van der Waals surface area contributed by atoms with E-state index < -0.39 is 0 Å². The first-order valence-corrected chi connectivity index (χ1v) is 6.71. The summed E-state index contributed by atoms with van der Waals surface area (Å²) >= 11 is 0. The van der Waals surface area contributed by atoms with Gasteiger partial charge in [-0.25, -0.2) is 0 Å². The van der Waals surface area contributed by atoms with E-state index in [0.29, 0.717) is 0 Å². The number of aryl methyl sites for hydroxylation is 1. The summed E-state index contributed by atoms with van der Waals surface area (Å²) in [5, 5.41) is 4.71. The van der Waals surface area contributed by atoms with Gasteiger partial charge in [-0.05, 0) is 42.3 Å². The molecule has 3 rings (SSSR count). The van der Waals surface area contributed by atoms with Gasteiger partial charge < -0.3 is 15.0 Å². The summed E-state index contributed by atoms with van der Waals surface area (Å²) in [4.78, 5) is 3.24. The highest BCUT2D eigenvalue weighted by atomic mass is 16.5. The fourth-order valence-electron chi connectivity index (χ4n) is 2.44. The molecule has 1 aromatic heterocycles. The zero-order chi connectivity index (χ0) is 13.9. The molecule has 0 amide bonds. The fraction of sp³-hybridized carbons (Fsp3) is 0.176. The number of hydrogen-bond acceptors (Lipinski definition) is 2. The lowest BCUT2D eigenvalue weighted by Gasteiger charge is -2.12. The highest BCUT2D eigenvalue weighted by Gasteiger charge is 2.05. The van der Waals surface area contributed by atoms with E-state index >= 15 is 0 Å². The molecule has 3 heteroatoms. The number of aromatic nitrogens is 1. The molecule has 0 aliphatic rings. The van der Waals surface area contributed by atoms with Gasteiger partial charge in [0.25, 0.3) is 0 Å². The first-order chi connectivity index (χ1) is 9.78. The second-order valence-corrected chi connectivity index (χ2v) is 4.91. The molecule has 0 unspecified atom stereocenters. The van der Waals surface area contributed by atoms with Gasteiger partial charge in [0.1, 0.15) is 5.75 Å². The van der Waals surface area contributed by atoms with Gasteiger partial charge in [0, 0.05) is 23.6 Å². The molecule has 3 nitrogen and oxygen atoms in total. The molecular weight excluding hydrogens is 248 g/mol. The third kappa shape index (κ3) is 2.35. The first kappa shape index (κ1) is 12.6. The van der Waals surface area contributed by atoms with Gasteiger partial charge in [0.2, 0.25) is 0 Å². The van der Waals surface area contributed by atoms with Crippen molar-refractivity contribution in [2.75, 3.05) is 12.4 Å². The van der Waals surface area contributed by atoms with Gasteiger partial charge >= 0.3 is 0 Å². The zero-order valence-electron chi connectivity index (χ0n) is 11.7. The Morgan fingerprint density at radius 2 is 2.05 bits per heavy atom. The van der Waals surface area contributed by atoms with Crippen LogP contribution in [0.2, 0.25) is 0 Å². The second-order valence-electron chi connectivity index (χ2n) is 4.91. The van der Waals surface area contributed by atoms with Crippen LogP contribution in [-0.4, -0.2) is 12.1 Å². The molecule has 0 fully saturated rings. The van der Waals surface area contributed by atoms with Crippen molar-refractivity contribution in [3.63, 3.8) is 0 Å². The van der Waals surface area contributed by atoms with Gasteiger partial charge in [0.05, 0.1) is 12.8 Å².